The van der Waals surface area contributed by atoms with Crippen molar-refractivity contribution in [2.45, 2.75) is 52.3 Å². The van der Waals surface area contributed by atoms with Gasteiger partial charge in [0, 0.05) is 19.0 Å². The highest BCUT2D eigenvalue weighted by atomic mass is 32.2. The van der Waals surface area contributed by atoms with E-state index in [9.17, 15) is 18.0 Å². The molecular weight excluding hydrogens is 320 g/mol. The van der Waals surface area contributed by atoms with Gasteiger partial charge in [0.1, 0.15) is 5.60 Å². The lowest BCUT2D eigenvalue weighted by Gasteiger charge is -2.44. The zero-order valence-electron chi connectivity index (χ0n) is 14.4. The molecule has 2 heterocycles. The van der Waals surface area contributed by atoms with E-state index in [1.54, 1.807) is 39.5 Å². The maximum absolute atomic E-state index is 12.4. The fourth-order valence-corrected chi connectivity index (χ4v) is 5.09. The average molecular weight is 346 g/mol. The normalized spacial score (nSPS) is 27.0. The van der Waals surface area contributed by atoms with Crippen LogP contribution in [-0.2, 0) is 19.4 Å². The van der Waals surface area contributed by atoms with Crippen molar-refractivity contribution in [2.24, 2.45) is 5.92 Å². The minimum Gasteiger partial charge on any atom is -0.444 e. The molecule has 0 radical (unpaired) electrons. The van der Waals surface area contributed by atoms with E-state index in [2.05, 4.69) is 0 Å². The summed E-state index contributed by atoms with van der Waals surface area (Å²) in [5, 5.41) is 0. The summed E-state index contributed by atoms with van der Waals surface area (Å²) in [5.74, 6) is -0.471. The highest BCUT2D eigenvalue weighted by Crippen LogP contribution is 2.29. The van der Waals surface area contributed by atoms with E-state index < -0.39 is 33.6 Å². The van der Waals surface area contributed by atoms with Gasteiger partial charge in [0.05, 0.1) is 23.6 Å². The molecule has 0 aromatic heterocycles. The summed E-state index contributed by atoms with van der Waals surface area (Å²) in [6.07, 6.45) is -0.513. The Morgan fingerprint density at radius 3 is 2.00 bits per heavy atom. The van der Waals surface area contributed by atoms with Crippen LogP contribution in [0.25, 0.3) is 0 Å². The van der Waals surface area contributed by atoms with Crippen LogP contribution < -0.4 is 0 Å². The first-order valence-corrected chi connectivity index (χ1v) is 9.74. The number of sulfone groups is 1. The second-order valence-corrected chi connectivity index (χ2v) is 9.73. The fourth-order valence-electron chi connectivity index (χ4n) is 3.11. The molecule has 0 aromatic rings. The maximum Gasteiger partial charge on any atom is 0.410 e. The Bertz CT molecular complexity index is 593. The SMILES string of the molecule is CC(C)C(=O)N1CCN(C(=O)OC(C)(C)C)C2CS(=O)(=O)CC21. The van der Waals surface area contributed by atoms with E-state index in [0.717, 1.165) is 0 Å². The van der Waals surface area contributed by atoms with Crippen LogP contribution in [0.2, 0.25) is 0 Å². The highest BCUT2D eigenvalue weighted by molar-refractivity contribution is 7.91. The number of fused-ring (bicyclic) bond motifs is 1. The number of hydrogen-bond donors (Lipinski definition) is 0. The predicted octanol–water partition coefficient (Wildman–Crippen LogP) is 0.887. The Morgan fingerprint density at radius 2 is 1.52 bits per heavy atom. The number of carbonyl (C=O) groups excluding carboxylic acids is 2. The lowest BCUT2D eigenvalue weighted by atomic mass is 10.0. The van der Waals surface area contributed by atoms with Crippen molar-refractivity contribution in [3.05, 3.63) is 0 Å². The minimum atomic E-state index is -3.27. The first-order valence-electron chi connectivity index (χ1n) is 7.92. The van der Waals surface area contributed by atoms with E-state index in [-0.39, 0.29) is 23.3 Å². The topological polar surface area (TPSA) is 84.0 Å². The van der Waals surface area contributed by atoms with Crippen LogP contribution >= 0.6 is 0 Å². The van der Waals surface area contributed by atoms with Crippen LogP contribution in [0.15, 0.2) is 0 Å². The van der Waals surface area contributed by atoms with Gasteiger partial charge in [0.15, 0.2) is 9.84 Å². The van der Waals surface area contributed by atoms with Gasteiger partial charge in [-0.1, -0.05) is 13.8 Å². The van der Waals surface area contributed by atoms with Crippen LogP contribution in [0.3, 0.4) is 0 Å². The lowest BCUT2D eigenvalue weighted by molar-refractivity contribution is -0.140. The van der Waals surface area contributed by atoms with Gasteiger partial charge in [-0.2, -0.15) is 0 Å². The van der Waals surface area contributed by atoms with E-state index >= 15 is 0 Å². The van der Waals surface area contributed by atoms with Crippen molar-refractivity contribution < 1.29 is 22.7 Å². The molecule has 7 nitrogen and oxygen atoms in total. The number of hydrogen-bond acceptors (Lipinski definition) is 5. The number of amides is 2. The standard InChI is InChI=1S/C15H26N2O5S/c1-10(2)13(18)16-6-7-17(14(19)22-15(3,4)5)12-9-23(20,21)8-11(12)16/h10-12H,6-9H2,1-5H3. The molecule has 132 valence electrons. The number of piperazine rings is 1. The quantitative estimate of drug-likeness (QED) is 0.704. The number of rotatable bonds is 1. The van der Waals surface area contributed by atoms with Crippen LogP contribution in [0.4, 0.5) is 4.79 Å². The summed E-state index contributed by atoms with van der Waals surface area (Å²) in [7, 11) is -3.27. The molecule has 2 atom stereocenters. The second kappa shape index (κ2) is 5.96. The Hall–Kier alpha value is -1.31. The van der Waals surface area contributed by atoms with Gasteiger partial charge in [-0.25, -0.2) is 13.2 Å². The smallest absolute Gasteiger partial charge is 0.410 e. The van der Waals surface area contributed by atoms with Crippen molar-refractivity contribution in [3.8, 4) is 0 Å². The van der Waals surface area contributed by atoms with E-state index in [1.807, 2.05) is 0 Å². The summed E-state index contributed by atoms with van der Waals surface area (Å²) in [5.41, 5.74) is -0.644. The third-order valence-corrected chi connectivity index (χ3v) is 5.78. The van der Waals surface area contributed by atoms with Crippen LogP contribution in [0.5, 0.6) is 0 Å². The van der Waals surface area contributed by atoms with Crippen LogP contribution in [0, 0.1) is 5.92 Å². The summed E-state index contributed by atoms with van der Waals surface area (Å²) >= 11 is 0. The molecule has 0 saturated carbocycles. The zero-order chi connectivity index (χ0) is 17.6. The molecule has 2 saturated heterocycles. The molecule has 0 bridgehead atoms. The fraction of sp³-hybridized carbons (Fsp3) is 0.867. The number of ether oxygens (including phenoxy) is 1. The van der Waals surface area contributed by atoms with Gasteiger partial charge in [-0.05, 0) is 20.8 Å². The van der Waals surface area contributed by atoms with E-state index in [0.29, 0.717) is 13.1 Å². The van der Waals surface area contributed by atoms with Crippen LogP contribution in [-0.4, -0.2) is 72.5 Å². The highest BCUT2D eigenvalue weighted by Gasteiger charge is 2.50. The molecule has 2 unspecified atom stereocenters. The summed E-state index contributed by atoms with van der Waals surface area (Å²) < 4.78 is 29.5. The maximum atomic E-state index is 12.4. The van der Waals surface area contributed by atoms with E-state index in [4.69, 9.17) is 4.74 Å². The predicted molar refractivity (Wildman–Crippen MR) is 85.7 cm³/mol. The number of nitrogens with zero attached hydrogens (tertiary/aromatic N) is 2. The van der Waals surface area contributed by atoms with Gasteiger partial charge in [0.2, 0.25) is 5.91 Å². The first-order chi connectivity index (χ1) is 10.4. The molecule has 0 N–H and O–H groups in total. The summed E-state index contributed by atoms with van der Waals surface area (Å²) in [4.78, 5) is 27.8. The third-order valence-electron chi connectivity index (χ3n) is 4.08. The zero-order valence-corrected chi connectivity index (χ0v) is 15.2. The van der Waals surface area contributed by atoms with Crippen molar-refractivity contribution >= 4 is 21.8 Å². The lowest BCUT2D eigenvalue weighted by Crippen LogP contribution is -2.63. The van der Waals surface area contributed by atoms with Crippen LogP contribution in [0.1, 0.15) is 34.6 Å². The second-order valence-electron chi connectivity index (χ2n) is 7.57. The summed E-state index contributed by atoms with van der Waals surface area (Å²) in [6.45, 7) is 9.53. The monoisotopic (exact) mass is 346 g/mol. The van der Waals surface area contributed by atoms with Gasteiger partial charge >= 0.3 is 6.09 Å². The molecule has 2 amide bonds. The molecular formula is C15H26N2O5S. The molecule has 0 aromatic carbocycles. The van der Waals surface area contributed by atoms with Gasteiger partial charge in [-0.3, -0.25) is 4.79 Å². The third kappa shape index (κ3) is 3.97. The molecule has 2 fully saturated rings. The molecule has 8 heteroatoms. The van der Waals surface area contributed by atoms with Crippen molar-refractivity contribution in [1.29, 1.82) is 0 Å². The van der Waals surface area contributed by atoms with Crippen molar-refractivity contribution in [2.75, 3.05) is 24.6 Å². The Morgan fingerprint density at radius 1 is 1.04 bits per heavy atom. The Kier molecular flexibility index (Phi) is 4.67. The van der Waals surface area contributed by atoms with E-state index in [1.165, 1.54) is 4.90 Å². The molecule has 2 aliphatic heterocycles. The Balaban J connectivity index is 2.25. The molecule has 0 aliphatic carbocycles. The average Bonchev–Trinajstić information content (AvgIpc) is 2.68. The minimum absolute atomic E-state index is 0.0686. The number of carbonyl (C=O) groups is 2. The van der Waals surface area contributed by atoms with Gasteiger partial charge in [0.25, 0.3) is 0 Å². The molecule has 0 spiro atoms. The Labute approximate surface area is 137 Å². The molecule has 2 aliphatic rings. The molecule has 2 rings (SSSR count). The molecule has 23 heavy (non-hydrogen) atoms. The van der Waals surface area contributed by atoms with Gasteiger partial charge in [-0.15, -0.1) is 0 Å². The van der Waals surface area contributed by atoms with Gasteiger partial charge < -0.3 is 14.5 Å². The first kappa shape index (κ1) is 18.0. The largest absolute Gasteiger partial charge is 0.444 e. The van der Waals surface area contributed by atoms with Crippen molar-refractivity contribution in [1.82, 2.24) is 9.80 Å². The van der Waals surface area contributed by atoms with Crippen molar-refractivity contribution in [3.63, 3.8) is 0 Å². The summed E-state index contributed by atoms with van der Waals surface area (Å²) in [6, 6.07) is -0.998.